The Morgan fingerprint density at radius 3 is 1.76 bits per heavy atom. The Bertz CT molecular complexity index is 797. The number of benzene rings is 2. The number of phenolic OH excluding ortho intramolecular Hbond substituents is 2. The van der Waals surface area contributed by atoms with Crippen molar-refractivity contribution in [2.75, 3.05) is 0 Å². The average molecular weight is 306 g/mol. The molecule has 0 atom stereocenters. The number of hydrogen-bond donors (Lipinski definition) is 2. The van der Waals surface area contributed by atoms with E-state index in [-0.39, 0.29) is 21.3 Å². The van der Waals surface area contributed by atoms with Gasteiger partial charge in [-0.15, -0.1) is 0 Å². The SMILES string of the molecule is Cc1cc(S(=O)(=O)c2c(C)ccc(C)c2O)cc(C)c1O. The lowest BCUT2D eigenvalue weighted by Gasteiger charge is -2.13. The predicted molar refractivity (Wildman–Crippen MR) is 80.6 cm³/mol. The molecule has 0 amide bonds. The summed E-state index contributed by atoms with van der Waals surface area (Å²) in [5.74, 6) is -0.141. The smallest absolute Gasteiger partial charge is 0.210 e. The van der Waals surface area contributed by atoms with Crippen LogP contribution >= 0.6 is 0 Å². The largest absolute Gasteiger partial charge is 0.507 e. The van der Waals surface area contributed by atoms with E-state index in [0.29, 0.717) is 22.3 Å². The first-order chi connectivity index (χ1) is 9.66. The molecule has 0 aromatic heterocycles. The Hall–Kier alpha value is -2.01. The van der Waals surface area contributed by atoms with Crippen molar-refractivity contribution >= 4 is 9.84 Å². The molecule has 0 heterocycles. The quantitative estimate of drug-likeness (QED) is 0.893. The van der Waals surface area contributed by atoms with E-state index in [0.717, 1.165) is 0 Å². The van der Waals surface area contributed by atoms with Crippen LogP contribution in [-0.2, 0) is 9.84 Å². The lowest BCUT2D eigenvalue weighted by molar-refractivity contribution is 0.453. The maximum absolute atomic E-state index is 12.8. The molecular formula is C16H18O4S. The Morgan fingerprint density at radius 2 is 1.24 bits per heavy atom. The molecule has 0 saturated carbocycles. The van der Waals surface area contributed by atoms with E-state index in [2.05, 4.69) is 0 Å². The minimum absolute atomic E-state index is 0.0688. The fourth-order valence-electron chi connectivity index (χ4n) is 2.30. The van der Waals surface area contributed by atoms with Crippen LogP contribution in [-0.4, -0.2) is 18.6 Å². The van der Waals surface area contributed by atoms with Crippen LogP contribution in [0.3, 0.4) is 0 Å². The average Bonchev–Trinajstić information content (AvgIpc) is 2.40. The molecule has 2 aromatic rings. The Balaban J connectivity index is 2.78. The first kappa shape index (κ1) is 15.4. The molecule has 0 aliphatic rings. The molecule has 0 unspecified atom stereocenters. The number of phenols is 2. The maximum atomic E-state index is 12.8. The highest BCUT2D eigenvalue weighted by molar-refractivity contribution is 7.91. The highest BCUT2D eigenvalue weighted by Crippen LogP contribution is 2.36. The lowest BCUT2D eigenvalue weighted by Crippen LogP contribution is -2.06. The van der Waals surface area contributed by atoms with E-state index in [4.69, 9.17) is 0 Å². The molecule has 0 fully saturated rings. The summed E-state index contributed by atoms with van der Waals surface area (Å²) in [5, 5.41) is 19.9. The van der Waals surface area contributed by atoms with Crippen molar-refractivity contribution in [1.82, 2.24) is 0 Å². The minimum atomic E-state index is -3.85. The third kappa shape index (κ3) is 2.49. The van der Waals surface area contributed by atoms with Crippen LogP contribution in [0.25, 0.3) is 0 Å². The molecule has 2 aromatic carbocycles. The Morgan fingerprint density at radius 1 is 0.762 bits per heavy atom. The first-order valence-electron chi connectivity index (χ1n) is 6.50. The van der Waals surface area contributed by atoms with Gasteiger partial charge in [-0.1, -0.05) is 12.1 Å². The van der Waals surface area contributed by atoms with Gasteiger partial charge in [0.2, 0.25) is 9.84 Å². The standard InChI is InChI=1S/C16H18O4S/c1-9-5-6-10(2)16(15(9)18)21(19,20)13-7-11(3)14(17)12(4)8-13/h5-8,17-18H,1-4H3. The zero-order chi connectivity index (χ0) is 15.9. The summed E-state index contributed by atoms with van der Waals surface area (Å²) in [6, 6.07) is 6.18. The van der Waals surface area contributed by atoms with Gasteiger partial charge in [-0.3, -0.25) is 0 Å². The monoisotopic (exact) mass is 306 g/mol. The Labute approximate surface area is 124 Å². The van der Waals surface area contributed by atoms with Crippen LogP contribution in [0, 0.1) is 27.7 Å². The zero-order valence-corrected chi connectivity index (χ0v) is 13.2. The van der Waals surface area contributed by atoms with Crippen LogP contribution in [0.5, 0.6) is 11.5 Å². The zero-order valence-electron chi connectivity index (χ0n) is 12.4. The number of aryl methyl sites for hydroxylation is 4. The van der Waals surface area contributed by atoms with Gasteiger partial charge >= 0.3 is 0 Å². The third-order valence-electron chi connectivity index (χ3n) is 3.57. The first-order valence-corrected chi connectivity index (χ1v) is 7.99. The fraction of sp³-hybridized carbons (Fsp3) is 0.250. The normalized spacial score (nSPS) is 11.6. The predicted octanol–water partition coefficient (Wildman–Crippen LogP) is 3.16. The number of rotatable bonds is 2. The van der Waals surface area contributed by atoms with Crippen LogP contribution in [0.4, 0.5) is 0 Å². The Kier molecular flexibility index (Phi) is 3.72. The summed E-state index contributed by atoms with van der Waals surface area (Å²) in [6.07, 6.45) is 0. The van der Waals surface area contributed by atoms with Crippen LogP contribution in [0.15, 0.2) is 34.1 Å². The van der Waals surface area contributed by atoms with Crippen LogP contribution in [0.1, 0.15) is 22.3 Å². The van der Waals surface area contributed by atoms with Gasteiger partial charge in [0.25, 0.3) is 0 Å². The van der Waals surface area contributed by atoms with Crippen molar-refractivity contribution in [2.45, 2.75) is 37.5 Å². The molecule has 5 heteroatoms. The molecular weight excluding hydrogens is 288 g/mol. The van der Waals surface area contributed by atoms with Gasteiger partial charge in [-0.05, 0) is 62.1 Å². The van der Waals surface area contributed by atoms with E-state index in [1.54, 1.807) is 39.8 Å². The summed E-state index contributed by atoms with van der Waals surface area (Å²) in [7, 11) is -3.85. The van der Waals surface area contributed by atoms with E-state index >= 15 is 0 Å². The number of aromatic hydroxyl groups is 2. The van der Waals surface area contributed by atoms with Gasteiger partial charge in [-0.25, -0.2) is 8.42 Å². The molecule has 0 radical (unpaired) electrons. The van der Waals surface area contributed by atoms with Crippen molar-refractivity contribution < 1.29 is 18.6 Å². The van der Waals surface area contributed by atoms with Crippen molar-refractivity contribution in [3.05, 3.63) is 46.5 Å². The van der Waals surface area contributed by atoms with E-state index in [9.17, 15) is 18.6 Å². The van der Waals surface area contributed by atoms with Gasteiger partial charge in [0.1, 0.15) is 16.4 Å². The third-order valence-corrected chi connectivity index (χ3v) is 5.48. The second-order valence-corrected chi connectivity index (χ2v) is 7.17. The summed E-state index contributed by atoms with van der Waals surface area (Å²) in [6.45, 7) is 6.59. The summed E-state index contributed by atoms with van der Waals surface area (Å²) in [5.41, 5.74) is 1.96. The summed E-state index contributed by atoms with van der Waals surface area (Å²) in [4.78, 5) is -0.00807. The van der Waals surface area contributed by atoms with E-state index in [1.807, 2.05) is 0 Å². The second kappa shape index (κ2) is 5.07. The molecule has 4 nitrogen and oxygen atoms in total. The molecule has 0 aliphatic heterocycles. The number of hydrogen-bond acceptors (Lipinski definition) is 4. The molecule has 112 valence electrons. The van der Waals surface area contributed by atoms with Crippen molar-refractivity contribution in [1.29, 1.82) is 0 Å². The second-order valence-electron chi connectivity index (χ2n) is 5.29. The molecule has 0 bridgehead atoms. The summed E-state index contributed by atoms with van der Waals surface area (Å²) >= 11 is 0. The van der Waals surface area contributed by atoms with Crippen molar-refractivity contribution in [2.24, 2.45) is 0 Å². The summed E-state index contributed by atoms with van der Waals surface area (Å²) < 4.78 is 25.6. The lowest BCUT2D eigenvalue weighted by atomic mass is 10.1. The van der Waals surface area contributed by atoms with E-state index in [1.165, 1.54) is 12.1 Å². The highest BCUT2D eigenvalue weighted by Gasteiger charge is 2.26. The van der Waals surface area contributed by atoms with Gasteiger partial charge in [0, 0.05) is 0 Å². The van der Waals surface area contributed by atoms with Gasteiger partial charge in [-0.2, -0.15) is 0 Å². The minimum Gasteiger partial charge on any atom is -0.507 e. The molecule has 0 aliphatic carbocycles. The molecule has 21 heavy (non-hydrogen) atoms. The van der Waals surface area contributed by atoms with Crippen molar-refractivity contribution in [3.63, 3.8) is 0 Å². The maximum Gasteiger partial charge on any atom is 0.210 e. The van der Waals surface area contributed by atoms with Gasteiger partial charge < -0.3 is 10.2 Å². The topological polar surface area (TPSA) is 74.6 Å². The van der Waals surface area contributed by atoms with E-state index < -0.39 is 9.84 Å². The van der Waals surface area contributed by atoms with Crippen LogP contribution in [0.2, 0.25) is 0 Å². The highest BCUT2D eigenvalue weighted by atomic mass is 32.2. The number of sulfone groups is 1. The molecule has 0 spiro atoms. The van der Waals surface area contributed by atoms with Crippen molar-refractivity contribution in [3.8, 4) is 11.5 Å². The molecule has 2 rings (SSSR count). The fourth-order valence-corrected chi connectivity index (χ4v) is 4.11. The molecule has 0 saturated heterocycles. The van der Waals surface area contributed by atoms with Crippen LogP contribution < -0.4 is 0 Å². The van der Waals surface area contributed by atoms with Gasteiger partial charge in [0.15, 0.2) is 0 Å². The molecule has 2 N–H and O–H groups in total. The van der Waals surface area contributed by atoms with Gasteiger partial charge in [0.05, 0.1) is 4.90 Å².